The normalized spacial score (nSPS) is 11.2. The van der Waals surface area contributed by atoms with Crippen molar-refractivity contribution in [3.8, 4) is 0 Å². The van der Waals surface area contributed by atoms with Crippen molar-refractivity contribution < 1.29 is 0 Å². The van der Waals surface area contributed by atoms with Crippen LogP contribution in [0.15, 0.2) is 48.0 Å². The lowest BCUT2D eigenvalue weighted by molar-refractivity contribution is 1.30. The van der Waals surface area contributed by atoms with Crippen LogP contribution in [0.3, 0.4) is 0 Å². The lowest BCUT2D eigenvalue weighted by Gasteiger charge is -2.07. The van der Waals surface area contributed by atoms with E-state index in [2.05, 4.69) is 51.9 Å². The molecule has 0 radical (unpaired) electrons. The molecule has 0 atom stereocenters. The van der Waals surface area contributed by atoms with E-state index in [4.69, 9.17) is 0 Å². The highest BCUT2D eigenvalue weighted by Gasteiger charge is 2.04. The monoisotopic (exact) mass is 279 g/mol. The summed E-state index contributed by atoms with van der Waals surface area (Å²) in [4.78, 5) is 7.70. The molecule has 20 heavy (non-hydrogen) atoms. The van der Waals surface area contributed by atoms with E-state index in [0.717, 1.165) is 16.9 Å². The molecule has 0 aliphatic heterocycles. The maximum atomic E-state index is 4.36. The Morgan fingerprint density at radius 1 is 1.15 bits per heavy atom. The molecule has 3 heterocycles. The van der Waals surface area contributed by atoms with Crippen LogP contribution in [0.4, 0.5) is 11.4 Å². The largest absolute Gasteiger partial charge is 0.359 e. The molecule has 3 nitrogen and oxygen atoms in total. The van der Waals surface area contributed by atoms with E-state index in [1.165, 1.54) is 21.3 Å². The van der Waals surface area contributed by atoms with Gasteiger partial charge < -0.3 is 10.3 Å². The topological polar surface area (TPSA) is 40.7 Å². The first-order valence-corrected chi connectivity index (χ1v) is 7.36. The molecule has 0 bridgehead atoms. The number of H-pyrrole nitrogens is 1. The highest BCUT2D eigenvalue weighted by molar-refractivity contribution is 7.17. The van der Waals surface area contributed by atoms with Crippen molar-refractivity contribution in [3.05, 3.63) is 53.7 Å². The molecular formula is C16H13N3S. The number of nitrogens with one attached hydrogen (secondary N) is 2. The molecule has 4 heteroatoms. The number of benzene rings is 1. The van der Waals surface area contributed by atoms with E-state index in [-0.39, 0.29) is 0 Å². The minimum absolute atomic E-state index is 1.04. The Labute approximate surface area is 120 Å². The molecule has 2 N–H and O–H groups in total. The molecule has 4 rings (SSSR count). The summed E-state index contributed by atoms with van der Waals surface area (Å²) in [6.07, 6.45) is 1.84. The quantitative estimate of drug-likeness (QED) is 0.552. The molecule has 0 spiro atoms. The van der Waals surface area contributed by atoms with Gasteiger partial charge in [0.25, 0.3) is 0 Å². The summed E-state index contributed by atoms with van der Waals surface area (Å²) in [5, 5.41) is 6.79. The Balaban J connectivity index is 1.78. The standard InChI is InChI=1S/C16H13N3S/c1-10-8-11-9-12(2-3-13(11)18-10)19-15-4-6-17-14-5-7-20-16(14)15/h2-9,18H,1H3,(H,17,19). The number of anilines is 2. The first-order valence-electron chi connectivity index (χ1n) is 6.48. The third kappa shape index (κ3) is 1.85. The molecule has 1 aromatic carbocycles. The van der Waals surface area contributed by atoms with Gasteiger partial charge in [-0.15, -0.1) is 11.3 Å². The fourth-order valence-electron chi connectivity index (χ4n) is 2.48. The van der Waals surface area contributed by atoms with Crippen LogP contribution in [0.25, 0.3) is 21.1 Å². The number of aromatic nitrogens is 2. The third-order valence-electron chi connectivity index (χ3n) is 3.38. The number of fused-ring (bicyclic) bond motifs is 2. The predicted molar refractivity (Wildman–Crippen MR) is 85.9 cm³/mol. The second-order valence-electron chi connectivity index (χ2n) is 4.87. The smallest absolute Gasteiger partial charge is 0.0830 e. The van der Waals surface area contributed by atoms with Gasteiger partial charge in [0, 0.05) is 28.5 Å². The molecular weight excluding hydrogens is 266 g/mol. The van der Waals surface area contributed by atoms with Crippen molar-refractivity contribution in [2.45, 2.75) is 6.92 Å². The van der Waals surface area contributed by atoms with Crippen molar-refractivity contribution in [2.75, 3.05) is 5.32 Å². The number of nitrogens with zero attached hydrogens (tertiary/aromatic N) is 1. The minimum Gasteiger partial charge on any atom is -0.359 e. The lowest BCUT2D eigenvalue weighted by Crippen LogP contribution is -1.90. The lowest BCUT2D eigenvalue weighted by atomic mass is 10.2. The van der Waals surface area contributed by atoms with Gasteiger partial charge in [-0.3, -0.25) is 4.98 Å². The zero-order valence-electron chi connectivity index (χ0n) is 11.0. The summed E-state index contributed by atoms with van der Waals surface area (Å²) < 4.78 is 1.19. The van der Waals surface area contributed by atoms with Gasteiger partial charge in [-0.1, -0.05) is 0 Å². The predicted octanol–water partition coefficient (Wildman–Crippen LogP) is 4.83. The summed E-state index contributed by atoms with van der Waals surface area (Å²) in [7, 11) is 0. The van der Waals surface area contributed by atoms with Gasteiger partial charge in [-0.05, 0) is 48.7 Å². The highest BCUT2D eigenvalue weighted by Crippen LogP contribution is 2.30. The Kier molecular flexibility index (Phi) is 2.50. The van der Waals surface area contributed by atoms with E-state index in [1.807, 2.05) is 18.3 Å². The maximum Gasteiger partial charge on any atom is 0.0830 e. The molecule has 0 aliphatic carbocycles. The van der Waals surface area contributed by atoms with Gasteiger partial charge in [0.05, 0.1) is 15.9 Å². The van der Waals surface area contributed by atoms with Crippen molar-refractivity contribution in [3.63, 3.8) is 0 Å². The molecule has 0 saturated carbocycles. The summed E-state index contributed by atoms with van der Waals surface area (Å²) in [6, 6.07) is 12.6. The molecule has 98 valence electrons. The molecule has 0 aliphatic rings. The second kappa shape index (κ2) is 4.35. The van der Waals surface area contributed by atoms with Gasteiger partial charge >= 0.3 is 0 Å². The highest BCUT2D eigenvalue weighted by atomic mass is 32.1. The van der Waals surface area contributed by atoms with Crippen molar-refractivity contribution in [2.24, 2.45) is 0 Å². The van der Waals surface area contributed by atoms with E-state index in [1.54, 1.807) is 11.3 Å². The Morgan fingerprint density at radius 2 is 2.10 bits per heavy atom. The average molecular weight is 279 g/mol. The summed E-state index contributed by atoms with van der Waals surface area (Å²) in [6.45, 7) is 2.07. The summed E-state index contributed by atoms with van der Waals surface area (Å²) in [5.41, 5.74) is 5.60. The van der Waals surface area contributed by atoms with E-state index >= 15 is 0 Å². The Morgan fingerprint density at radius 3 is 3.05 bits per heavy atom. The number of thiophene rings is 1. The van der Waals surface area contributed by atoms with Gasteiger partial charge in [-0.25, -0.2) is 0 Å². The van der Waals surface area contributed by atoms with Crippen LogP contribution in [0, 0.1) is 6.92 Å². The molecule has 3 aromatic heterocycles. The van der Waals surface area contributed by atoms with E-state index in [0.29, 0.717) is 0 Å². The van der Waals surface area contributed by atoms with E-state index in [9.17, 15) is 0 Å². The van der Waals surface area contributed by atoms with Crippen LogP contribution in [-0.4, -0.2) is 9.97 Å². The minimum atomic E-state index is 1.04. The number of hydrogen-bond donors (Lipinski definition) is 2. The molecule has 4 aromatic rings. The number of pyridine rings is 1. The van der Waals surface area contributed by atoms with Crippen molar-refractivity contribution >= 4 is 43.8 Å². The molecule has 0 saturated heterocycles. The van der Waals surface area contributed by atoms with Crippen LogP contribution in [0.5, 0.6) is 0 Å². The zero-order valence-corrected chi connectivity index (χ0v) is 11.8. The van der Waals surface area contributed by atoms with Crippen LogP contribution >= 0.6 is 11.3 Å². The fourth-order valence-corrected chi connectivity index (χ4v) is 3.30. The first-order chi connectivity index (χ1) is 9.79. The van der Waals surface area contributed by atoms with Gasteiger partial charge in [0.1, 0.15) is 0 Å². The van der Waals surface area contributed by atoms with Crippen molar-refractivity contribution in [1.82, 2.24) is 9.97 Å². The summed E-state index contributed by atoms with van der Waals surface area (Å²) >= 11 is 1.71. The van der Waals surface area contributed by atoms with Gasteiger partial charge in [0.15, 0.2) is 0 Å². The molecule has 0 amide bonds. The van der Waals surface area contributed by atoms with Crippen LogP contribution in [-0.2, 0) is 0 Å². The molecule has 0 unspecified atom stereocenters. The number of aryl methyl sites for hydroxylation is 1. The number of aromatic amines is 1. The third-order valence-corrected chi connectivity index (χ3v) is 4.32. The Bertz CT molecular complexity index is 904. The SMILES string of the molecule is Cc1cc2cc(Nc3ccnc4ccsc34)ccc2[nH]1. The van der Waals surface area contributed by atoms with E-state index < -0.39 is 0 Å². The zero-order chi connectivity index (χ0) is 13.5. The van der Waals surface area contributed by atoms with Crippen LogP contribution in [0.2, 0.25) is 0 Å². The van der Waals surface area contributed by atoms with Crippen LogP contribution in [0.1, 0.15) is 5.69 Å². The van der Waals surface area contributed by atoms with Gasteiger partial charge in [0.2, 0.25) is 0 Å². The average Bonchev–Trinajstić information content (AvgIpc) is 3.03. The first kappa shape index (κ1) is 11.5. The van der Waals surface area contributed by atoms with Crippen molar-refractivity contribution in [1.29, 1.82) is 0 Å². The second-order valence-corrected chi connectivity index (χ2v) is 5.79. The van der Waals surface area contributed by atoms with Gasteiger partial charge in [-0.2, -0.15) is 0 Å². The Hall–Kier alpha value is -2.33. The molecule has 0 fully saturated rings. The fraction of sp³-hybridized carbons (Fsp3) is 0.0625. The van der Waals surface area contributed by atoms with Crippen LogP contribution < -0.4 is 5.32 Å². The number of rotatable bonds is 2. The summed E-state index contributed by atoms with van der Waals surface area (Å²) in [5.74, 6) is 0. The number of hydrogen-bond acceptors (Lipinski definition) is 3. The maximum absolute atomic E-state index is 4.36.